The SMILES string of the molecule is COc1ccc(-c2cc(C(=O)Nc3ccc(F)cc3)n3nc(C(C)(C)C)cc3n2)cc1. The van der Waals surface area contributed by atoms with E-state index in [0.717, 1.165) is 17.0 Å². The second-order valence-corrected chi connectivity index (χ2v) is 8.27. The summed E-state index contributed by atoms with van der Waals surface area (Å²) in [6.07, 6.45) is 0. The highest BCUT2D eigenvalue weighted by atomic mass is 19.1. The van der Waals surface area contributed by atoms with Crippen molar-refractivity contribution >= 4 is 17.2 Å². The molecule has 0 aliphatic heterocycles. The number of nitrogens with one attached hydrogen (secondary N) is 1. The summed E-state index contributed by atoms with van der Waals surface area (Å²) >= 11 is 0. The van der Waals surface area contributed by atoms with Gasteiger partial charge in [-0.15, -0.1) is 0 Å². The maximum absolute atomic E-state index is 13.2. The molecule has 4 rings (SSSR count). The van der Waals surface area contributed by atoms with Gasteiger partial charge in [-0.05, 0) is 54.6 Å². The van der Waals surface area contributed by atoms with Gasteiger partial charge in [-0.3, -0.25) is 4.79 Å². The highest BCUT2D eigenvalue weighted by Gasteiger charge is 2.22. The van der Waals surface area contributed by atoms with Crippen LogP contribution in [-0.2, 0) is 5.41 Å². The Labute approximate surface area is 179 Å². The number of fused-ring (bicyclic) bond motifs is 1. The first-order valence-electron chi connectivity index (χ1n) is 9.87. The molecule has 1 N–H and O–H groups in total. The van der Waals surface area contributed by atoms with Crippen molar-refractivity contribution in [1.29, 1.82) is 0 Å². The van der Waals surface area contributed by atoms with Gasteiger partial charge in [0.25, 0.3) is 5.91 Å². The number of aromatic nitrogens is 3. The molecule has 2 aromatic carbocycles. The predicted molar refractivity (Wildman–Crippen MR) is 118 cm³/mol. The first kappa shape index (κ1) is 20.5. The fourth-order valence-electron chi connectivity index (χ4n) is 3.14. The maximum Gasteiger partial charge on any atom is 0.274 e. The molecule has 0 aliphatic carbocycles. The number of halogens is 1. The zero-order chi connectivity index (χ0) is 22.2. The molecule has 4 aromatic rings. The lowest BCUT2D eigenvalue weighted by Gasteiger charge is -2.13. The number of rotatable bonds is 4. The van der Waals surface area contributed by atoms with Crippen LogP contribution in [0.25, 0.3) is 16.9 Å². The van der Waals surface area contributed by atoms with Gasteiger partial charge in [-0.25, -0.2) is 13.9 Å². The molecule has 2 heterocycles. The predicted octanol–water partition coefficient (Wildman–Crippen LogP) is 5.09. The fourth-order valence-corrected chi connectivity index (χ4v) is 3.14. The molecular formula is C24H23FN4O2. The van der Waals surface area contributed by atoms with Crippen LogP contribution in [0, 0.1) is 5.82 Å². The minimum absolute atomic E-state index is 0.210. The van der Waals surface area contributed by atoms with Crippen LogP contribution < -0.4 is 10.1 Å². The Bertz CT molecular complexity index is 1240. The molecule has 0 aliphatic rings. The number of anilines is 1. The Morgan fingerprint density at radius 3 is 2.32 bits per heavy atom. The molecular weight excluding hydrogens is 395 g/mol. The van der Waals surface area contributed by atoms with Crippen molar-refractivity contribution in [1.82, 2.24) is 14.6 Å². The average Bonchev–Trinajstić information content (AvgIpc) is 3.19. The summed E-state index contributed by atoms with van der Waals surface area (Å²) in [6.45, 7) is 6.16. The molecule has 1 amide bonds. The molecule has 0 fully saturated rings. The highest BCUT2D eigenvalue weighted by molar-refractivity contribution is 6.04. The first-order valence-corrected chi connectivity index (χ1v) is 9.87. The molecule has 7 heteroatoms. The van der Waals surface area contributed by atoms with Crippen molar-refractivity contribution < 1.29 is 13.9 Å². The van der Waals surface area contributed by atoms with E-state index >= 15 is 0 Å². The summed E-state index contributed by atoms with van der Waals surface area (Å²) in [5.74, 6) is 0.00351. The summed E-state index contributed by atoms with van der Waals surface area (Å²) in [5.41, 5.74) is 3.49. The van der Waals surface area contributed by atoms with Gasteiger partial charge in [0.15, 0.2) is 5.65 Å². The second kappa shape index (κ2) is 7.83. The van der Waals surface area contributed by atoms with E-state index in [1.165, 1.54) is 24.3 Å². The second-order valence-electron chi connectivity index (χ2n) is 8.27. The summed E-state index contributed by atoms with van der Waals surface area (Å²) in [7, 11) is 1.61. The zero-order valence-electron chi connectivity index (χ0n) is 17.8. The molecule has 31 heavy (non-hydrogen) atoms. The molecule has 0 atom stereocenters. The van der Waals surface area contributed by atoms with E-state index < -0.39 is 0 Å². The van der Waals surface area contributed by atoms with E-state index in [-0.39, 0.29) is 17.1 Å². The van der Waals surface area contributed by atoms with Crippen LogP contribution in [-0.4, -0.2) is 27.6 Å². The standard InChI is InChI=1S/C24H23FN4O2/c1-24(2,3)21-14-22-27-19(15-5-11-18(31-4)12-6-15)13-20(29(22)28-21)23(30)26-17-9-7-16(25)8-10-17/h5-14H,1-4H3,(H,26,30). The van der Waals surface area contributed by atoms with Gasteiger partial charge < -0.3 is 10.1 Å². The van der Waals surface area contributed by atoms with E-state index in [1.807, 2.05) is 30.3 Å². The third kappa shape index (κ3) is 4.26. The first-order chi connectivity index (χ1) is 14.7. The molecule has 0 saturated heterocycles. The number of ether oxygens (including phenoxy) is 1. The number of hydrogen-bond acceptors (Lipinski definition) is 4. The monoisotopic (exact) mass is 418 g/mol. The molecule has 6 nitrogen and oxygen atoms in total. The van der Waals surface area contributed by atoms with E-state index in [1.54, 1.807) is 17.7 Å². The molecule has 0 saturated carbocycles. The molecule has 0 spiro atoms. The van der Waals surface area contributed by atoms with Gasteiger partial charge in [0, 0.05) is 22.7 Å². The number of amides is 1. The number of hydrogen-bond donors (Lipinski definition) is 1. The fraction of sp³-hybridized carbons (Fsp3) is 0.208. The summed E-state index contributed by atoms with van der Waals surface area (Å²) in [4.78, 5) is 17.9. The summed E-state index contributed by atoms with van der Waals surface area (Å²) < 4.78 is 20.0. The van der Waals surface area contributed by atoms with Gasteiger partial charge in [-0.2, -0.15) is 5.10 Å². The Kier molecular flexibility index (Phi) is 5.19. The van der Waals surface area contributed by atoms with Crippen molar-refractivity contribution in [2.45, 2.75) is 26.2 Å². The number of carbonyl (C=O) groups is 1. The van der Waals surface area contributed by atoms with E-state index in [0.29, 0.717) is 22.7 Å². The zero-order valence-corrected chi connectivity index (χ0v) is 17.8. The van der Waals surface area contributed by atoms with Gasteiger partial charge in [-0.1, -0.05) is 20.8 Å². The lowest BCUT2D eigenvalue weighted by Crippen LogP contribution is -2.18. The van der Waals surface area contributed by atoms with Crippen molar-refractivity contribution in [2.75, 3.05) is 12.4 Å². The van der Waals surface area contributed by atoms with Gasteiger partial charge >= 0.3 is 0 Å². The van der Waals surface area contributed by atoms with Crippen molar-refractivity contribution in [3.05, 3.63) is 77.9 Å². The van der Waals surface area contributed by atoms with Crippen LogP contribution in [0.3, 0.4) is 0 Å². The Morgan fingerprint density at radius 1 is 1.03 bits per heavy atom. The van der Waals surface area contributed by atoms with E-state index in [9.17, 15) is 9.18 Å². The van der Waals surface area contributed by atoms with Crippen LogP contribution in [0.15, 0.2) is 60.7 Å². The lowest BCUT2D eigenvalue weighted by atomic mass is 9.93. The van der Waals surface area contributed by atoms with Crippen molar-refractivity contribution in [3.8, 4) is 17.0 Å². The third-order valence-electron chi connectivity index (χ3n) is 4.92. The van der Waals surface area contributed by atoms with E-state index in [2.05, 4.69) is 31.2 Å². The largest absolute Gasteiger partial charge is 0.497 e. The number of carbonyl (C=O) groups excluding carboxylic acids is 1. The van der Waals surface area contributed by atoms with Crippen molar-refractivity contribution in [3.63, 3.8) is 0 Å². The number of methoxy groups -OCH3 is 1. The molecule has 2 aromatic heterocycles. The van der Waals surface area contributed by atoms with Gasteiger partial charge in [0.2, 0.25) is 0 Å². The summed E-state index contributed by atoms with van der Waals surface area (Å²) in [5, 5.41) is 7.44. The summed E-state index contributed by atoms with van der Waals surface area (Å²) in [6, 6.07) is 16.7. The van der Waals surface area contributed by atoms with Crippen molar-refractivity contribution in [2.24, 2.45) is 0 Å². The Balaban J connectivity index is 1.82. The number of nitrogens with zero attached hydrogens (tertiary/aromatic N) is 3. The van der Waals surface area contributed by atoms with Crippen LogP contribution >= 0.6 is 0 Å². The van der Waals surface area contributed by atoms with Gasteiger partial charge in [0.05, 0.1) is 18.5 Å². The minimum Gasteiger partial charge on any atom is -0.497 e. The molecule has 0 bridgehead atoms. The normalized spacial score (nSPS) is 11.5. The third-order valence-corrected chi connectivity index (χ3v) is 4.92. The highest BCUT2D eigenvalue weighted by Crippen LogP contribution is 2.26. The molecule has 0 unspecified atom stereocenters. The minimum atomic E-state index is -0.368. The quantitative estimate of drug-likeness (QED) is 0.501. The van der Waals surface area contributed by atoms with Crippen LogP contribution in [0.4, 0.5) is 10.1 Å². The smallest absolute Gasteiger partial charge is 0.274 e. The van der Waals surface area contributed by atoms with Crippen LogP contribution in [0.5, 0.6) is 5.75 Å². The van der Waals surface area contributed by atoms with Crippen LogP contribution in [0.1, 0.15) is 37.0 Å². The Hall–Kier alpha value is -3.74. The molecule has 158 valence electrons. The lowest BCUT2D eigenvalue weighted by molar-refractivity contribution is 0.101. The Morgan fingerprint density at radius 2 is 1.71 bits per heavy atom. The van der Waals surface area contributed by atoms with Gasteiger partial charge in [0.1, 0.15) is 17.3 Å². The van der Waals surface area contributed by atoms with E-state index in [4.69, 9.17) is 9.72 Å². The topological polar surface area (TPSA) is 68.5 Å². The maximum atomic E-state index is 13.2. The molecule has 0 radical (unpaired) electrons. The average molecular weight is 418 g/mol. The number of benzene rings is 2. The van der Waals surface area contributed by atoms with Crippen LogP contribution in [0.2, 0.25) is 0 Å².